The van der Waals surface area contributed by atoms with Crippen LogP contribution < -0.4 is 5.32 Å². The summed E-state index contributed by atoms with van der Waals surface area (Å²) in [6, 6.07) is 0.321. The van der Waals surface area contributed by atoms with Gasteiger partial charge in [-0.2, -0.15) is 0 Å². The van der Waals surface area contributed by atoms with Gasteiger partial charge in [0, 0.05) is 6.04 Å². The van der Waals surface area contributed by atoms with Crippen LogP contribution in [0, 0.1) is 0 Å². The highest BCUT2D eigenvalue weighted by Crippen LogP contribution is 2.23. The van der Waals surface area contributed by atoms with Crippen molar-refractivity contribution in [1.29, 1.82) is 0 Å². The molecule has 8 nitrogen and oxygen atoms in total. The summed E-state index contributed by atoms with van der Waals surface area (Å²) in [7, 11) is 1.30. The Kier molecular flexibility index (Phi) is 4.35. The lowest BCUT2D eigenvalue weighted by atomic mass is 10.4. The lowest BCUT2D eigenvalue weighted by molar-refractivity contribution is -0.141. The van der Waals surface area contributed by atoms with Crippen LogP contribution in [0.15, 0.2) is 5.16 Å². The van der Waals surface area contributed by atoms with E-state index < -0.39 is 5.97 Å². The van der Waals surface area contributed by atoms with E-state index in [1.807, 2.05) is 0 Å². The smallest absolute Gasteiger partial charge is 0.327 e. The number of thioether (sulfide) groups is 1. The highest BCUT2D eigenvalue weighted by molar-refractivity contribution is 8.00. The molecule has 1 aliphatic rings. The van der Waals surface area contributed by atoms with Crippen LogP contribution in [0.5, 0.6) is 0 Å². The Morgan fingerprint density at radius 2 is 2.32 bits per heavy atom. The number of methoxy groups -OCH3 is 1. The number of amides is 1. The molecule has 1 aromatic heterocycles. The largest absolute Gasteiger partial charge is 0.468 e. The normalized spacial score (nSPS) is 15.9. The molecule has 1 N–H and O–H groups in total. The zero-order valence-corrected chi connectivity index (χ0v) is 11.5. The molecule has 1 atom stereocenters. The SMILES string of the molecule is COC(=O)Cn1nnnc1SC(C)C(=O)NC1CC1. The van der Waals surface area contributed by atoms with Gasteiger partial charge in [0.1, 0.15) is 6.54 Å². The molecule has 1 fully saturated rings. The summed E-state index contributed by atoms with van der Waals surface area (Å²) >= 11 is 1.21. The summed E-state index contributed by atoms with van der Waals surface area (Å²) in [5.41, 5.74) is 0. The van der Waals surface area contributed by atoms with Crippen LogP contribution in [0.3, 0.4) is 0 Å². The Labute approximate surface area is 114 Å². The molecule has 1 amide bonds. The van der Waals surface area contributed by atoms with E-state index >= 15 is 0 Å². The summed E-state index contributed by atoms with van der Waals surface area (Å²) in [5.74, 6) is -0.482. The zero-order chi connectivity index (χ0) is 13.8. The molecule has 0 spiro atoms. The van der Waals surface area contributed by atoms with Crippen LogP contribution in [0.1, 0.15) is 19.8 Å². The molecule has 19 heavy (non-hydrogen) atoms. The van der Waals surface area contributed by atoms with E-state index in [-0.39, 0.29) is 17.7 Å². The predicted octanol–water partition coefficient (Wildman–Crippen LogP) is -0.395. The second-order valence-corrected chi connectivity index (χ2v) is 5.55. The molecule has 9 heteroatoms. The van der Waals surface area contributed by atoms with Crippen molar-refractivity contribution in [2.24, 2.45) is 0 Å². The fourth-order valence-corrected chi connectivity index (χ4v) is 2.12. The van der Waals surface area contributed by atoms with Crippen molar-refractivity contribution in [3.63, 3.8) is 0 Å². The predicted molar refractivity (Wildman–Crippen MR) is 66.3 cm³/mol. The highest BCUT2D eigenvalue weighted by atomic mass is 32.2. The minimum absolute atomic E-state index is 0.0416. The lowest BCUT2D eigenvalue weighted by Crippen LogP contribution is -2.32. The van der Waals surface area contributed by atoms with Gasteiger partial charge in [0.2, 0.25) is 11.1 Å². The molecule has 2 rings (SSSR count). The topological polar surface area (TPSA) is 99.0 Å². The molecule has 0 bridgehead atoms. The lowest BCUT2D eigenvalue weighted by Gasteiger charge is -2.10. The van der Waals surface area contributed by atoms with Crippen LogP contribution in [-0.2, 0) is 20.9 Å². The fourth-order valence-electron chi connectivity index (χ4n) is 1.32. The number of nitrogens with zero attached hydrogens (tertiary/aromatic N) is 4. The maximum atomic E-state index is 11.8. The number of carbonyl (C=O) groups is 2. The van der Waals surface area contributed by atoms with Crippen molar-refractivity contribution in [2.45, 2.75) is 42.8 Å². The van der Waals surface area contributed by atoms with Gasteiger partial charge in [-0.15, -0.1) is 5.10 Å². The van der Waals surface area contributed by atoms with Gasteiger partial charge in [0.15, 0.2) is 0 Å². The van der Waals surface area contributed by atoms with Gasteiger partial charge in [-0.1, -0.05) is 11.8 Å². The van der Waals surface area contributed by atoms with Crippen molar-refractivity contribution >= 4 is 23.6 Å². The molecule has 0 aromatic carbocycles. The number of ether oxygens (including phenoxy) is 1. The molecule has 0 aliphatic heterocycles. The van der Waals surface area contributed by atoms with Crippen molar-refractivity contribution in [2.75, 3.05) is 7.11 Å². The van der Waals surface area contributed by atoms with Crippen LogP contribution in [0.2, 0.25) is 0 Å². The third-order valence-corrected chi connectivity index (χ3v) is 3.65. The monoisotopic (exact) mass is 285 g/mol. The molecule has 104 valence electrons. The first kappa shape index (κ1) is 13.8. The average Bonchev–Trinajstić information content (AvgIpc) is 3.10. The molecule has 1 heterocycles. The average molecular weight is 285 g/mol. The van der Waals surface area contributed by atoms with Crippen molar-refractivity contribution in [3.8, 4) is 0 Å². The van der Waals surface area contributed by atoms with E-state index in [0.717, 1.165) is 12.8 Å². The van der Waals surface area contributed by atoms with Gasteiger partial charge in [0.25, 0.3) is 0 Å². The quantitative estimate of drug-likeness (QED) is 0.561. The fraction of sp³-hybridized carbons (Fsp3) is 0.700. The molecule has 1 aromatic rings. The Morgan fingerprint density at radius 1 is 1.58 bits per heavy atom. The number of aromatic nitrogens is 4. The third kappa shape index (κ3) is 3.91. The summed E-state index contributed by atoms with van der Waals surface area (Å²) in [6.07, 6.45) is 2.09. The molecule has 1 aliphatic carbocycles. The van der Waals surface area contributed by atoms with Gasteiger partial charge in [-0.05, 0) is 30.2 Å². The van der Waals surface area contributed by atoms with E-state index in [9.17, 15) is 9.59 Å². The number of hydrogen-bond donors (Lipinski definition) is 1. The summed E-state index contributed by atoms with van der Waals surface area (Å²) < 4.78 is 5.86. The Bertz CT molecular complexity index is 473. The van der Waals surface area contributed by atoms with Crippen LogP contribution >= 0.6 is 11.8 Å². The number of carbonyl (C=O) groups excluding carboxylic acids is 2. The van der Waals surface area contributed by atoms with Gasteiger partial charge in [-0.3, -0.25) is 9.59 Å². The zero-order valence-electron chi connectivity index (χ0n) is 10.7. The van der Waals surface area contributed by atoms with E-state index in [2.05, 4.69) is 25.6 Å². The number of nitrogens with one attached hydrogen (secondary N) is 1. The van der Waals surface area contributed by atoms with Gasteiger partial charge in [0.05, 0.1) is 12.4 Å². The molecular weight excluding hydrogens is 270 g/mol. The second-order valence-electron chi connectivity index (χ2n) is 4.24. The number of rotatable bonds is 6. The Morgan fingerprint density at radius 3 is 2.95 bits per heavy atom. The summed E-state index contributed by atoms with van der Waals surface area (Å²) in [5, 5.41) is 14.0. The minimum atomic E-state index is -0.441. The van der Waals surface area contributed by atoms with Crippen molar-refractivity contribution < 1.29 is 14.3 Å². The highest BCUT2D eigenvalue weighted by Gasteiger charge is 2.27. The number of tetrazole rings is 1. The van der Waals surface area contributed by atoms with E-state index in [1.165, 1.54) is 23.6 Å². The first-order valence-electron chi connectivity index (χ1n) is 5.90. The molecule has 0 saturated heterocycles. The first-order valence-corrected chi connectivity index (χ1v) is 6.78. The molecular formula is C10H15N5O3S. The second kappa shape index (κ2) is 6.00. The standard InChI is InChI=1S/C10H15N5O3S/c1-6(9(17)11-7-3-4-7)19-10-12-13-14-15(10)5-8(16)18-2/h6-7H,3-5H2,1-2H3,(H,11,17). The minimum Gasteiger partial charge on any atom is -0.468 e. The maximum Gasteiger partial charge on any atom is 0.327 e. The van der Waals surface area contributed by atoms with Crippen LogP contribution in [-0.4, -0.2) is 50.5 Å². The molecule has 1 unspecified atom stereocenters. The van der Waals surface area contributed by atoms with E-state index in [4.69, 9.17) is 0 Å². The maximum absolute atomic E-state index is 11.8. The first-order chi connectivity index (χ1) is 9.10. The Hall–Kier alpha value is -1.64. The van der Waals surface area contributed by atoms with Crippen LogP contribution in [0.4, 0.5) is 0 Å². The number of esters is 1. The van der Waals surface area contributed by atoms with E-state index in [1.54, 1.807) is 6.92 Å². The number of hydrogen-bond acceptors (Lipinski definition) is 7. The van der Waals surface area contributed by atoms with Crippen LogP contribution in [0.25, 0.3) is 0 Å². The molecule has 0 radical (unpaired) electrons. The van der Waals surface area contributed by atoms with Gasteiger partial charge >= 0.3 is 5.97 Å². The van der Waals surface area contributed by atoms with Gasteiger partial charge in [-0.25, -0.2) is 4.68 Å². The third-order valence-electron chi connectivity index (χ3n) is 2.58. The van der Waals surface area contributed by atoms with Gasteiger partial charge < -0.3 is 10.1 Å². The summed E-state index contributed by atoms with van der Waals surface area (Å²) in [6.45, 7) is 1.71. The van der Waals surface area contributed by atoms with Crippen molar-refractivity contribution in [3.05, 3.63) is 0 Å². The Balaban J connectivity index is 1.92. The van der Waals surface area contributed by atoms with Crippen molar-refractivity contribution in [1.82, 2.24) is 25.5 Å². The van der Waals surface area contributed by atoms with E-state index in [0.29, 0.717) is 11.2 Å². The molecule has 1 saturated carbocycles. The summed E-state index contributed by atoms with van der Waals surface area (Å²) in [4.78, 5) is 23.0.